The van der Waals surface area contributed by atoms with Crippen molar-refractivity contribution in [2.75, 3.05) is 0 Å². The fourth-order valence-electron chi connectivity index (χ4n) is 1.87. The number of aliphatic hydroxyl groups is 1. The van der Waals surface area contributed by atoms with Crippen LogP contribution in [0, 0.1) is 13.8 Å². The summed E-state index contributed by atoms with van der Waals surface area (Å²) in [5.41, 5.74) is 3.36. The van der Waals surface area contributed by atoms with Crippen molar-refractivity contribution < 1.29 is 9.52 Å². The second-order valence-electron chi connectivity index (χ2n) is 4.11. The van der Waals surface area contributed by atoms with E-state index in [9.17, 15) is 5.11 Å². The van der Waals surface area contributed by atoms with Gasteiger partial charge in [-0.1, -0.05) is 24.3 Å². The van der Waals surface area contributed by atoms with E-state index < -0.39 is 6.10 Å². The second-order valence-corrected chi connectivity index (χ2v) is 4.11. The van der Waals surface area contributed by atoms with Gasteiger partial charge in [0.25, 0.3) is 0 Å². The predicted octanol–water partition coefficient (Wildman–Crippen LogP) is 3.17. The van der Waals surface area contributed by atoms with E-state index in [-0.39, 0.29) is 0 Å². The Morgan fingerprint density at radius 3 is 2.50 bits per heavy atom. The van der Waals surface area contributed by atoms with Crippen molar-refractivity contribution in [3.05, 3.63) is 59.0 Å². The zero-order chi connectivity index (χ0) is 11.5. The summed E-state index contributed by atoms with van der Waals surface area (Å²) in [6, 6.07) is 9.96. The van der Waals surface area contributed by atoms with E-state index in [2.05, 4.69) is 13.0 Å². The van der Waals surface area contributed by atoms with E-state index in [0.717, 1.165) is 11.1 Å². The van der Waals surface area contributed by atoms with E-state index in [4.69, 9.17) is 4.42 Å². The molecule has 1 N–H and O–H groups in total. The first-order chi connectivity index (χ1) is 7.68. The number of aryl methyl sites for hydroxylation is 2. The van der Waals surface area contributed by atoms with Gasteiger partial charge in [-0.2, -0.15) is 0 Å². The van der Waals surface area contributed by atoms with E-state index in [1.54, 1.807) is 6.26 Å². The zero-order valence-corrected chi connectivity index (χ0v) is 9.60. The molecule has 0 aliphatic carbocycles. The maximum absolute atomic E-state index is 10.1. The van der Waals surface area contributed by atoms with E-state index in [0.29, 0.717) is 12.2 Å². The van der Waals surface area contributed by atoms with Crippen LogP contribution in [0.4, 0.5) is 0 Å². The Morgan fingerprint density at radius 1 is 1.12 bits per heavy atom. The summed E-state index contributed by atoms with van der Waals surface area (Å²) in [4.78, 5) is 0. The normalized spacial score (nSPS) is 12.7. The first-order valence-electron chi connectivity index (χ1n) is 5.45. The third-order valence-electron chi connectivity index (χ3n) is 2.88. The van der Waals surface area contributed by atoms with Gasteiger partial charge in [-0.05, 0) is 36.6 Å². The van der Waals surface area contributed by atoms with Gasteiger partial charge in [0.1, 0.15) is 11.9 Å². The second kappa shape index (κ2) is 4.54. The fourth-order valence-corrected chi connectivity index (χ4v) is 1.87. The van der Waals surface area contributed by atoms with Crippen LogP contribution in [0.2, 0.25) is 0 Å². The average molecular weight is 216 g/mol. The Balaban J connectivity index is 2.17. The maximum Gasteiger partial charge on any atom is 0.135 e. The summed E-state index contributed by atoms with van der Waals surface area (Å²) in [6.07, 6.45) is 1.66. The minimum absolute atomic E-state index is 0.559. The Bertz CT molecular complexity index is 471. The van der Waals surface area contributed by atoms with Crippen molar-refractivity contribution in [1.82, 2.24) is 0 Å². The van der Waals surface area contributed by atoms with Crippen LogP contribution < -0.4 is 0 Å². The van der Waals surface area contributed by atoms with E-state index in [1.165, 1.54) is 5.56 Å². The fraction of sp³-hybridized carbons (Fsp3) is 0.286. The minimum Gasteiger partial charge on any atom is -0.466 e. The molecule has 0 aliphatic rings. The molecule has 0 aliphatic heterocycles. The lowest BCUT2D eigenvalue weighted by Crippen LogP contribution is -2.03. The topological polar surface area (TPSA) is 33.4 Å². The molecule has 1 aromatic carbocycles. The number of furan rings is 1. The number of hydrogen-bond donors (Lipinski definition) is 1. The lowest BCUT2D eigenvalue weighted by atomic mass is 10.0. The molecular weight excluding hydrogens is 200 g/mol. The van der Waals surface area contributed by atoms with Crippen LogP contribution in [0.25, 0.3) is 0 Å². The summed E-state index contributed by atoms with van der Waals surface area (Å²) in [6.45, 7) is 4.00. The first kappa shape index (κ1) is 11.0. The molecule has 2 rings (SSSR count). The van der Waals surface area contributed by atoms with Gasteiger partial charge in [0.15, 0.2) is 0 Å². The molecule has 0 saturated heterocycles. The quantitative estimate of drug-likeness (QED) is 0.854. The third kappa shape index (κ3) is 2.17. The monoisotopic (exact) mass is 216 g/mol. The molecule has 2 aromatic rings. The molecule has 2 nitrogen and oxygen atoms in total. The van der Waals surface area contributed by atoms with Crippen molar-refractivity contribution in [2.45, 2.75) is 26.4 Å². The molecule has 1 atom stereocenters. The molecule has 0 fully saturated rings. The van der Waals surface area contributed by atoms with Crippen LogP contribution in [-0.2, 0) is 6.42 Å². The van der Waals surface area contributed by atoms with Crippen molar-refractivity contribution in [1.29, 1.82) is 0 Å². The molecule has 0 saturated carbocycles. The molecule has 2 heteroatoms. The third-order valence-corrected chi connectivity index (χ3v) is 2.88. The predicted molar refractivity (Wildman–Crippen MR) is 63.3 cm³/mol. The average Bonchev–Trinajstić information content (AvgIpc) is 2.68. The Kier molecular flexibility index (Phi) is 3.11. The molecule has 0 amide bonds. The Labute approximate surface area is 95.5 Å². The molecule has 1 unspecified atom stereocenters. The van der Waals surface area contributed by atoms with Crippen LogP contribution in [0.1, 0.15) is 28.6 Å². The zero-order valence-electron chi connectivity index (χ0n) is 9.60. The van der Waals surface area contributed by atoms with Gasteiger partial charge in [0.05, 0.1) is 6.26 Å². The van der Waals surface area contributed by atoms with Crippen LogP contribution in [-0.4, -0.2) is 5.11 Å². The highest BCUT2D eigenvalue weighted by Gasteiger charge is 2.15. The van der Waals surface area contributed by atoms with Gasteiger partial charge in [-0.15, -0.1) is 0 Å². The molecule has 84 valence electrons. The van der Waals surface area contributed by atoms with Crippen LogP contribution in [0.3, 0.4) is 0 Å². The molecular formula is C14H16O2. The summed E-state index contributed by atoms with van der Waals surface area (Å²) in [5.74, 6) is 0.670. The smallest absolute Gasteiger partial charge is 0.135 e. The maximum atomic E-state index is 10.1. The summed E-state index contributed by atoms with van der Waals surface area (Å²) in [7, 11) is 0. The highest BCUT2D eigenvalue weighted by molar-refractivity contribution is 5.28. The Hall–Kier alpha value is -1.54. The molecule has 1 aromatic heterocycles. The molecule has 0 spiro atoms. The Morgan fingerprint density at radius 2 is 1.88 bits per heavy atom. The standard InChI is InChI=1S/C14H16O2/c1-10-5-3-4-6-12(10)9-13(15)14-11(2)7-8-16-14/h3-8,13,15H,9H2,1-2H3. The minimum atomic E-state index is -0.559. The molecule has 1 heterocycles. The van der Waals surface area contributed by atoms with E-state index >= 15 is 0 Å². The SMILES string of the molecule is Cc1ccccc1CC(O)c1occc1C. The summed E-state index contributed by atoms with van der Waals surface area (Å²) in [5, 5.41) is 10.1. The van der Waals surface area contributed by atoms with Gasteiger partial charge in [-0.25, -0.2) is 0 Å². The van der Waals surface area contributed by atoms with Crippen LogP contribution >= 0.6 is 0 Å². The van der Waals surface area contributed by atoms with Crippen LogP contribution in [0.5, 0.6) is 0 Å². The van der Waals surface area contributed by atoms with Crippen molar-refractivity contribution in [2.24, 2.45) is 0 Å². The van der Waals surface area contributed by atoms with Crippen molar-refractivity contribution in [3.8, 4) is 0 Å². The number of aliphatic hydroxyl groups excluding tert-OH is 1. The highest BCUT2D eigenvalue weighted by atomic mass is 16.4. The summed E-state index contributed by atoms with van der Waals surface area (Å²) >= 11 is 0. The highest BCUT2D eigenvalue weighted by Crippen LogP contribution is 2.23. The number of benzene rings is 1. The number of rotatable bonds is 3. The van der Waals surface area contributed by atoms with Gasteiger partial charge in [-0.3, -0.25) is 0 Å². The molecule has 16 heavy (non-hydrogen) atoms. The molecule has 0 radical (unpaired) electrons. The van der Waals surface area contributed by atoms with Gasteiger partial charge in [0.2, 0.25) is 0 Å². The van der Waals surface area contributed by atoms with Gasteiger partial charge >= 0.3 is 0 Å². The van der Waals surface area contributed by atoms with Crippen molar-refractivity contribution >= 4 is 0 Å². The number of hydrogen-bond acceptors (Lipinski definition) is 2. The largest absolute Gasteiger partial charge is 0.466 e. The van der Waals surface area contributed by atoms with Gasteiger partial charge in [0, 0.05) is 6.42 Å². The first-order valence-corrected chi connectivity index (χ1v) is 5.45. The van der Waals surface area contributed by atoms with Gasteiger partial charge < -0.3 is 9.52 Å². The van der Waals surface area contributed by atoms with Crippen molar-refractivity contribution in [3.63, 3.8) is 0 Å². The lowest BCUT2D eigenvalue weighted by molar-refractivity contribution is 0.149. The molecule has 0 bridgehead atoms. The summed E-state index contributed by atoms with van der Waals surface area (Å²) < 4.78 is 5.29. The van der Waals surface area contributed by atoms with Crippen LogP contribution in [0.15, 0.2) is 41.0 Å². The van der Waals surface area contributed by atoms with E-state index in [1.807, 2.05) is 31.2 Å². The lowest BCUT2D eigenvalue weighted by Gasteiger charge is -2.11.